The van der Waals surface area contributed by atoms with Crippen LogP contribution in [0.2, 0.25) is 0 Å². The standard InChI is InChI=1S/C23H34O6/c1-21-10-4-3-5-13(21)6-7-14-15-8-9-16(20(27)23(28,29)12-18(25)26)22(15,2)11-17(24)19(14)21/h13-16,19,28-29H,3-12H2,1-2H3,(H,25,26)/t13-,14+,15+,16-,19-,21+,22+/m1/s1. The smallest absolute Gasteiger partial charge is 0.309 e. The van der Waals surface area contributed by atoms with Gasteiger partial charge in [0.2, 0.25) is 5.79 Å². The molecule has 4 saturated carbocycles. The van der Waals surface area contributed by atoms with Gasteiger partial charge in [0.25, 0.3) is 0 Å². The third kappa shape index (κ3) is 3.09. The first-order valence-electron chi connectivity index (χ1n) is 11.2. The van der Waals surface area contributed by atoms with Gasteiger partial charge >= 0.3 is 5.97 Å². The number of hydrogen-bond donors (Lipinski definition) is 3. The number of ketones is 2. The Hall–Kier alpha value is -1.27. The van der Waals surface area contributed by atoms with E-state index in [1.807, 2.05) is 6.92 Å². The van der Waals surface area contributed by atoms with Crippen LogP contribution in [0.1, 0.15) is 78.1 Å². The van der Waals surface area contributed by atoms with E-state index in [2.05, 4.69) is 6.92 Å². The Morgan fingerprint density at radius 3 is 2.45 bits per heavy atom. The Bertz CT molecular complexity index is 729. The Morgan fingerprint density at radius 2 is 1.76 bits per heavy atom. The summed E-state index contributed by atoms with van der Waals surface area (Å²) in [5.74, 6) is -4.43. The third-order valence-corrected chi connectivity index (χ3v) is 9.37. The number of carboxylic acid groups (broad SMARTS) is 1. The number of hydrogen-bond acceptors (Lipinski definition) is 5. The molecular formula is C23H34O6. The van der Waals surface area contributed by atoms with Gasteiger partial charge in [0.05, 0.1) is 0 Å². The van der Waals surface area contributed by atoms with E-state index in [4.69, 9.17) is 5.11 Å². The lowest BCUT2D eigenvalue weighted by molar-refractivity contribution is -0.199. The highest BCUT2D eigenvalue weighted by Gasteiger charge is 2.64. The summed E-state index contributed by atoms with van der Waals surface area (Å²) in [5, 5.41) is 29.3. The molecule has 0 saturated heterocycles. The fourth-order valence-corrected chi connectivity index (χ4v) is 8.12. The molecule has 0 unspecified atom stereocenters. The predicted molar refractivity (Wildman–Crippen MR) is 105 cm³/mol. The van der Waals surface area contributed by atoms with Gasteiger partial charge in [-0.2, -0.15) is 0 Å². The van der Waals surface area contributed by atoms with E-state index in [-0.39, 0.29) is 29.0 Å². The maximum absolute atomic E-state index is 13.5. The van der Waals surface area contributed by atoms with Gasteiger partial charge in [0, 0.05) is 18.3 Å². The second kappa shape index (κ2) is 6.88. The van der Waals surface area contributed by atoms with Crippen molar-refractivity contribution >= 4 is 17.5 Å². The Morgan fingerprint density at radius 1 is 1.03 bits per heavy atom. The second-order valence-electron chi connectivity index (χ2n) is 10.8. The zero-order valence-corrected chi connectivity index (χ0v) is 17.5. The van der Waals surface area contributed by atoms with Crippen LogP contribution in [0, 0.1) is 40.4 Å². The third-order valence-electron chi connectivity index (χ3n) is 9.37. The molecule has 162 valence electrons. The second-order valence-corrected chi connectivity index (χ2v) is 10.8. The number of carbonyl (C=O) groups excluding carboxylic acids is 2. The van der Waals surface area contributed by atoms with Crippen LogP contribution in [-0.2, 0) is 14.4 Å². The van der Waals surface area contributed by atoms with Crippen molar-refractivity contribution < 1.29 is 29.7 Å². The van der Waals surface area contributed by atoms with E-state index in [1.54, 1.807) is 0 Å². The molecule has 4 fully saturated rings. The summed E-state index contributed by atoms with van der Waals surface area (Å²) in [6.45, 7) is 4.26. The fraction of sp³-hybridized carbons (Fsp3) is 0.870. The van der Waals surface area contributed by atoms with Gasteiger partial charge in [0.1, 0.15) is 12.2 Å². The SMILES string of the molecule is C[C@]12CCCC[C@@H]1CC[C@H]1[C@@H]3CC[C@H](C(=O)C(O)(O)CC(=O)O)[C@@]3(C)CC(=O)[C@@H]12. The summed E-state index contributed by atoms with van der Waals surface area (Å²) in [4.78, 5) is 37.4. The first kappa shape index (κ1) is 21.0. The van der Waals surface area contributed by atoms with Crippen LogP contribution in [0.25, 0.3) is 0 Å². The molecule has 3 N–H and O–H groups in total. The number of rotatable bonds is 4. The summed E-state index contributed by atoms with van der Waals surface area (Å²) in [5.41, 5.74) is -0.550. The molecule has 0 aromatic carbocycles. The molecule has 4 rings (SSSR count). The van der Waals surface area contributed by atoms with Crippen LogP contribution < -0.4 is 0 Å². The van der Waals surface area contributed by atoms with E-state index in [1.165, 1.54) is 19.3 Å². The Kier molecular flexibility index (Phi) is 4.97. The lowest BCUT2D eigenvalue weighted by Crippen LogP contribution is -2.58. The molecule has 7 atom stereocenters. The highest BCUT2D eigenvalue weighted by atomic mass is 16.5. The number of Topliss-reactive ketones (excluding diaryl/α,β-unsaturated/α-hetero) is 2. The minimum Gasteiger partial charge on any atom is -0.481 e. The zero-order chi connectivity index (χ0) is 21.2. The van der Waals surface area contributed by atoms with Gasteiger partial charge in [-0.15, -0.1) is 0 Å². The number of fused-ring (bicyclic) bond motifs is 5. The van der Waals surface area contributed by atoms with Crippen LogP contribution in [0.3, 0.4) is 0 Å². The maximum Gasteiger partial charge on any atom is 0.309 e. The van der Waals surface area contributed by atoms with E-state index in [0.717, 1.165) is 25.7 Å². The van der Waals surface area contributed by atoms with Crippen molar-refractivity contribution in [2.45, 2.75) is 83.8 Å². The van der Waals surface area contributed by atoms with Crippen molar-refractivity contribution in [1.82, 2.24) is 0 Å². The topological polar surface area (TPSA) is 112 Å². The van der Waals surface area contributed by atoms with Crippen molar-refractivity contribution in [2.24, 2.45) is 40.4 Å². The van der Waals surface area contributed by atoms with Gasteiger partial charge in [-0.25, -0.2) is 0 Å². The fourth-order valence-electron chi connectivity index (χ4n) is 8.12. The molecule has 0 aromatic heterocycles. The number of carbonyl (C=O) groups is 3. The lowest BCUT2D eigenvalue weighted by atomic mass is 9.44. The Labute approximate surface area is 172 Å². The average Bonchev–Trinajstić information content (AvgIpc) is 2.95. The lowest BCUT2D eigenvalue weighted by Gasteiger charge is -2.59. The van der Waals surface area contributed by atoms with E-state index >= 15 is 0 Å². The molecule has 0 bridgehead atoms. The summed E-state index contributed by atoms with van der Waals surface area (Å²) >= 11 is 0. The molecule has 0 radical (unpaired) electrons. The van der Waals surface area contributed by atoms with E-state index < -0.39 is 35.3 Å². The number of aliphatic hydroxyl groups is 2. The van der Waals surface area contributed by atoms with Crippen molar-refractivity contribution in [3.63, 3.8) is 0 Å². The van der Waals surface area contributed by atoms with Crippen LogP contribution in [-0.4, -0.2) is 38.6 Å². The normalized spacial score (nSPS) is 44.6. The highest BCUT2D eigenvalue weighted by Crippen LogP contribution is 2.66. The summed E-state index contributed by atoms with van der Waals surface area (Å²) in [6, 6.07) is 0. The van der Waals surface area contributed by atoms with Gasteiger partial charge < -0.3 is 15.3 Å². The molecule has 4 aliphatic carbocycles. The van der Waals surface area contributed by atoms with Gasteiger partial charge in [-0.05, 0) is 67.1 Å². The maximum atomic E-state index is 13.5. The summed E-state index contributed by atoms with van der Waals surface area (Å²) in [6.07, 6.45) is 7.46. The van der Waals surface area contributed by atoms with Crippen molar-refractivity contribution in [2.75, 3.05) is 0 Å². The first-order valence-corrected chi connectivity index (χ1v) is 11.2. The van der Waals surface area contributed by atoms with E-state index in [0.29, 0.717) is 18.8 Å². The highest BCUT2D eigenvalue weighted by molar-refractivity contribution is 5.93. The molecule has 0 amide bonds. The minimum atomic E-state index is -2.87. The molecule has 0 spiro atoms. The quantitative estimate of drug-likeness (QED) is 0.619. The molecular weight excluding hydrogens is 372 g/mol. The van der Waals surface area contributed by atoms with Gasteiger partial charge in [0.15, 0.2) is 5.78 Å². The van der Waals surface area contributed by atoms with Gasteiger partial charge in [-0.1, -0.05) is 26.7 Å². The van der Waals surface area contributed by atoms with Gasteiger partial charge in [-0.3, -0.25) is 14.4 Å². The number of aliphatic carboxylic acids is 1. The number of carboxylic acids is 1. The molecule has 6 heteroatoms. The molecule has 0 aromatic rings. The van der Waals surface area contributed by atoms with Crippen LogP contribution in [0.4, 0.5) is 0 Å². The van der Waals surface area contributed by atoms with Crippen molar-refractivity contribution in [3.8, 4) is 0 Å². The minimum absolute atomic E-state index is 0.0560. The molecule has 29 heavy (non-hydrogen) atoms. The summed E-state index contributed by atoms with van der Waals surface area (Å²) < 4.78 is 0. The predicted octanol–water partition coefficient (Wildman–Crippen LogP) is 2.94. The summed E-state index contributed by atoms with van der Waals surface area (Å²) in [7, 11) is 0. The first-order chi connectivity index (χ1) is 13.5. The average molecular weight is 407 g/mol. The van der Waals surface area contributed by atoms with E-state index in [9.17, 15) is 24.6 Å². The van der Waals surface area contributed by atoms with Crippen molar-refractivity contribution in [3.05, 3.63) is 0 Å². The molecule has 6 nitrogen and oxygen atoms in total. The monoisotopic (exact) mass is 406 g/mol. The Balaban J connectivity index is 1.63. The molecule has 0 aliphatic heterocycles. The molecule has 0 heterocycles. The molecule has 4 aliphatic rings. The van der Waals surface area contributed by atoms with Crippen LogP contribution in [0.15, 0.2) is 0 Å². The zero-order valence-electron chi connectivity index (χ0n) is 17.5. The van der Waals surface area contributed by atoms with Crippen LogP contribution >= 0.6 is 0 Å². The largest absolute Gasteiger partial charge is 0.481 e. The van der Waals surface area contributed by atoms with Crippen LogP contribution in [0.5, 0.6) is 0 Å². The van der Waals surface area contributed by atoms with Crippen molar-refractivity contribution in [1.29, 1.82) is 0 Å².